The standard InChI is InChI=1S/C10H10N2O2S/c13-8-10(12-9(14)11-8)4-1-2-7-6(10)3-5-15-7/h3,5H,1-2,4H2,(H2,11,12,13,14)/t10-/m1/s1. The molecule has 1 aliphatic carbocycles. The molecule has 0 aromatic carbocycles. The predicted molar refractivity (Wildman–Crippen MR) is 55.6 cm³/mol. The number of amides is 3. The van der Waals surface area contributed by atoms with Gasteiger partial charge in [-0.2, -0.15) is 0 Å². The van der Waals surface area contributed by atoms with E-state index in [1.54, 1.807) is 11.3 Å². The lowest BCUT2D eigenvalue weighted by atomic mass is 9.80. The van der Waals surface area contributed by atoms with Gasteiger partial charge in [0.05, 0.1) is 0 Å². The van der Waals surface area contributed by atoms with E-state index in [0.717, 1.165) is 18.4 Å². The summed E-state index contributed by atoms with van der Waals surface area (Å²) in [4.78, 5) is 24.3. The molecule has 1 fully saturated rings. The first kappa shape index (κ1) is 8.91. The zero-order chi connectivity index (χ0) is 10.5. The zero-order valence-electron chi connectivity index (χ0n) is 8.00. The fraction of sp³-hybridized carbons (Fsp3) is 0.400. The van der Waals surface area contributed by atoms with Gasteiger partial charge in [-0.3, -0.25) is 10.1 Å². The van der Waals surface area contributed by atoms with Gasteiger partial charge in [0.2, 0.25) is 0 Å². The molecule has 1 atom stereocenters. The molecule has 3 amide bonds. The number of rotatable bonds is 0. The van der Waals surface area contributed by atoms with Crippen molar-refractivity contribution in [1.82, 2.24) is 10.6 Å². The van der Waals surface area contributed by atoms with E-state index in [4.69, 9.17) is 0 Å². The first-order chi connectivity index (χ1) is 7.22. The van der Waals surface area contributed by atoms with Crippen LogP contribution in [0.5, 0.6) is 0 Å². The smallest absolute Gasteiger partial charge is 0.319 e. The van der Waals surface area contributed by atoms with Gasteiger partial charge in [-0.1, -0.05) is 0 Å². The van der Waals surface area contributed by atoms with Crippen LogP contribution >= 0.6 is 11.3 Å². The third-order valence-corrected chi connectivity index (χ3v) is 4.08. The van der Waals surface area contributed by atoms with Crippen LogP contribution in [-0.2, 0) is 16.8 Å². The van der Waals surface area contributed by atoms with Gasteiger partial charge < -0.3 is 5.32 Å². The maximum Gasteiger partial charge on any atom is 0.322 e. The van der Waals surface area contributed by atoms with Crippen LogP contribution in [0.2, 0.25) is 0 Å². The second-order valence-corrected chi connectivity index (χ2v) is 4.93. The highest BCUT2D eigenvalue weighted by Gasteiger charge is 2.50. The second-order valence-electron chi connectivity index (χ2n) is 3.92. The zero-order valence-corrected chi connectivity index (χ0v) is 8.82. The van der Waals surface area contributed by atoms with Crippen molar-refractivity contribution in [1.29, 1.82) is 0 Å². The maximum absolute atomic E-state index is 11.8. The highest BCUT2D eigenvalue weighted by molar-refractivity contribution is 7.10. The molecule has 1 aromatic rings. The van der Waals surface area contributed by atoms with E-state index in [2.05, 4.69) is 10.6 Å². The molecular weight excluding hydrogens is 212 g/mol. The van der Waals surface area contributed by atoms with Crippen molar-refractivity contribution < 1.29 is 9.59 Å². The van der Waals surface area contributed by atoms with Crippen LogP contribution in [0.4, 0.5) is 4.79 Å². The fourth-order valence-electron chi connectivity index (χ4n) is 2.42. The molecule has 2 aliphatic rings. The maximum atomic E-state index is 11.8. The topological polar surface area (TPSA) is 58.2 Å². The number of urea groups is 1. The van der Waals surface area contributed by atoms with Crippen LogP contribution in [-0.4, -0.2) is 11.9 Å². The predicted octanol–water partition coefficient (Wildman–Crippen LogP) is 1.12. The Morgan fingerprint density at radius 3 is 3.00 bits per heavy atom. The molecule has 3 rings (SSSR count). The van der Waals surface area contributed by atoms with Crippen molar-refractivity contribution in [2.24, 2.45) is 0 Å². The average molecular weight is 222 g/mol. The van der Waals surface area contributed by atoms with Crippen molar-refractivity contribution in [3.05, 3.63) is 21.9 Å². The number of imide groups is 1. The Hall–Kier alpha value is -1.36. The van der Waals surface area contributed by atoms with E-state index in [1.807, 2.05) is 11.4 Å². The number of fused-ring (bicyclic) bond motifs is 2. The molecule has 0 radical (unpaired) electrons. The van der Waals surface area contributed by atoms with Gasteiger partial charge in [0.1, 0.15) is 5.54 Å². The highest BCUT2D eigenvalue weighted by atomic mass is 32.1. The lowest BCUT2D eigenvalue weighted by Gasteiger charge is -2.30. The summed E-state index contributed by atoms with van der Waals surface area (Å²) in [5.74, 6) is -0.202. The molecule has 0 unspecified atom stereocenters. The van der Waals surface area contributed by atoms with Gasteiger partial charge in [-0.25, -0.2) is 4.79 Å². The summed E-state index contributed by atoms with van der Waals surface area (Å²) in [5.41, 5.74) is 0.215. The van der Waals surface area contributed by atoms with Crippen molar-refractivity contribution in [2.45, 2.75) is 24.8 Å². The largest absolute Gasteiger partial charge is 0.322 e. The minimum atomic E-state index is -0.773. The van der Waals surface area contributed by atoms with Crippen molar-refractivity contribution in [3.63, 3.8) is 0 Å². The molecule has 1 aromatic heterocycles. The Morgan fingerprint density at radius 2 is 2.27 bits per heavy atom. The Balaban J connectivity index is 2.15. The van der Waals surface area contributed by atoms with Crippen molar-refractivity contribution in [3.8, 4) is 0 Å². The van der Waals surface area contributed by atoms with Gasteiger partial charge >= 0.3 is 6.03 Å². The molecular formula is C10H10N2O2S. The van der Waals surface area contributed by atoms with Crippen molar-refractivity contribution >= 4 is 23.3 Å². The average Bonchev–Trinajstić information content (AvgIpc) is 2.74. The van der Waals surface area contributed by atoms with Crippen LogP contribution in [0.25, 0.3) is 0 Å². The molecule has 78 valence electrons. The molecule has 1 saturated heterocycles. The summed E-state index contributed by atoms with van der Waals surface area (Å²) in [6.07, 6.45) is 2.66. The summed E-state index contributed by atoms with van der Waals surface area (Å²) in [6, 6.07) is 1.57. The molecule has 0 saturated carbocycles. The molecule has 0 bridgehead atoms. The summed E-state index contributed by atoms with van der Waals surface area (Å²) in [7, 11) is 0. The molecule has 1 spiro atoms. The first-order valence-corrected chi connectivity index (χ1v) is 5.81. The Kier molecular flexibility index (Phi) is 1.68. The van der Waals surface area contributed by atoms with E-state index in [1.165, 1.54) is 4.88 Å². The van der Waals surface area contributed by atoms with Crippen LogP contribution in [0.15, 0.2) is 11.4 Å². The molecule has 4 nitrogen and oxygen atoms in total. The monoisotopic (exact) mass is 222 g/mol. The molecule has 15 heavy (non-hydrogen) atoms. The van der Waals surface area contributed by atoms with E-state index >= 15 is 0 Å². The summed E-state index contributed by atoms with van der Waals surface area (Å²) < 4.78 is 0. The Bertz CT molecular complexity index is 454. The lowest BCUT2D eigenvalue weighted by molar-refractivity contribution is -0.124. The quantitative estimate of drug-likeness (QED) is 0.646. The van der Waals surface area contributed by atoms with Crippen LogP contribution in [0.1, 0.15) is 23.3 Å². The fourth-order valence-corrected chi connectivity index (χ4v) is 3.42. The van der Waals surface area contributed by atoms with E-state index in [-0.39, 0.29) is 11.9 Å². The summed E-state index contributed by atoms with van der Waals surface area (Å²) >= 11 is 1.66. The number of carbonyl (C=O) groups excluding carboxylic acids is 2. The minimum absolute atomic E-state index is 0.202. The Labute approximate surface area is 90.7 Å². The first-order valence-electron chi connectivity index (χ1n) is 4.93. The third kappa shape index (κ3) is 1.07. The van der Waals surface area contributed by atoms with E-state index in [0.29, 0.717) is 6.42 Å². The van der Waals surface area contributed by atoms with E-state index in [9.17, 15) is 9.59 Å². The minimum Gasteiger partial charge on any atom is -0.319 e. The third-order valence-electron chi connectivity index (χ3n) is 3.10. The second kappa shape index (κ2) is 2.82. The van der Waals surface area contributed by atoms with Gasteiger partial charge in [0.25, 0.3) is 5.91 Å². The normalized spacial score (nSPS) is 28.8. The number of hydrogen-bond acceptors (Lipinski definition) is 3. The number of thiophene rings is 1. The molecule has 2 N–H and O–H groups in total. The van der Waals surface area contributed by atoms with Gasteiger partial charge in [-0.15, -0.1) is 11.3 Å². The van der Waals surface area contributed by atoms with Gasteiger partial charge in [-0.05, 0) is 30.7 Å². The Morgan fingerprint density at radius 1 is 1.40 bits per heavy atom. The van der Waals surface area contributed by atoms with Gasteiger partial charge in [0, 0.05) is 10.4 Å². The van der Waals surface area contributed by atoms with E-state index < -0.39 is 5.54 Å². The van der Waals surface area contributed by atoms with Gasteiger partial charge in [0.15, 0.2) is 0 Å². The summed E-state index contributed by atoms with van der Waals surface area (Å²) in [5, 5.41) is 7.07. The lowest BCUT2D eigenvalue weighted by Crippen LogP contribution is -2.45. The van der Waals surface area contributed by atoms with Crippen molar-refractivity contribution in [2.75, 3.05) is 0 Å². The molecule has 2 heterocycles. The number of nitrogens with one attached hydrogen (secondary N) is 2. The van der Waals surface area contributed by atoms with Crippen LogP contribution in [0, 0.1) is 0 Å². The molecule has 1 aliphatic heterocycles. The van der Waals surface area contributed by atoms with Crippen LogP contribution in [0.3, 0.4) is 0 Å². The number of hydrogen-bond donors (Lipinski definition) is 2. The summed E-state index contributed by atoms with van der Waals surface area (Å²) in [6.45, 7) is 0. The SMILES string of the molecule is O=C1NC(=O)[C@]2(CCCc3sccc32)N1. The molecule has 5 heteroatoms. The number of aryl methyl sites for hydroxylation is 1. The number of carbonyl (C=O) groups is 2. The van der Waals surface area contributed by atoms with Crippen LogP contribution < -0.4 is 10.6 Å². The highest BCUT2D eigenvalue weighted by Crippen LogP contribution is 2.39.